The van der Waals surface area contributed by atoms with Gasteiger partial charge in [0.25, 0.3) is 0 Å². The van der Waals surface area contributed by atoms with Crippen LogP contribution in [0, 0.1) is 11.3 Å². The van der Waals surface area contributed by atoms with Crippen LogP contribution in [0.3, 0.4) is 0 Å². The third kappa shape index (κ3) is 7.26. The Morgan fingerprint density at radius 2 is 1.64 bits per heavy atom. The number of carbonyl (C=O) groups excluding carboxylic acids is 1. The van der Waals surface area contributed by atoms with Gasteiger partial charge in [-0.2, -0.15) is 5.26 Å². The van der Waals surface area contributed by atoms with E-state index in [1.54, 1.807) is 49.6 Å². The second-order valence-corrected chi connectivity index (χ2v) is 9.71. The van der Waals surface area contributed by atoms with E-state index in [1.807, 2.05) is 18.2 Å². The molecule has 9 nitrogen and oxygen atoms in total. The lowest BCUT2D eigenvalue weighted by Gasteiger charge is -2.27. The zero-order chi connectivity index (χ0) is 29.9. The van der Waals surface area contributed by atoms with Gasteiger partial charge in [-0.05, 0) is 42.3 Å². The largest absolute Gasteiger partial charge is 0.493 e. The SMILES string of the molecule is CCCCCCCOc1ccc(C2C(C#N)=C(N)Oc3cc(OC(=O)COc4ccccc4OC)ccc32)cc1OC. The molecule has 1 unspecified atom stereocenters. The molecule has 9 heteroatoms. The first-order chi connectivity index (χ1) is 20.5. The van der Waals surface area contributed by atoms with Gasteiger partial charge in [0.05, 0.1) is 26.7 Å². The van der Waals surface area contributed by atoms with Crippen molar-refractivity contribution in [3.63, 3.8) is 0 Å². The number of fused-ring (bicyclic) bond motifs is 1. The molecule has 2 N–H and O–H groups in total. The van der Waals surface area contributed by atoms with Crippen LogP contribution in [0.25, 0.3) is 0 Å². The summed E-state index contributed by atoms with van der Waals surface area (Å²) in [5.74, 6) is 1.59. The lowest BCUT2D eigenvalue weighted by Crippen LogP contribution is -2.22. The van der Waals surface area contributed by atoms with Crippen LogP contribution in [-0.2, 0) is 4.79 Å². The summed E-state index contributed by atoms with van der Waals surface area (Å²) in [6, 6.07) is 19.7. The van der Waals surface area contributed by atoms with E-state index in [4.69, 9.17) is 34.2 Å². The molecule has 0 aromatic heterocycles. The summed E-state index contributed by atoms with van der Waals surface area (Å²) in [5, 5.41) is 9.95. The molecule has 0 amide bonds. The average Bonchev–Trinajstić information content (AvgIpc) is 3.01. The quantitative estimate of drug-likeness (QED) is 0.136. The number of benzene rings is 3. The van der Waals surface area contributed by atoms with E-state index in [9.17, 15) is 10.1 Å². The number of ether oxygens (including phenoxy) is 6. The summed E-state index contributed by atoms with van der Waals surface area (Å²) in [7, 11) is 3.10. The van der Waals surface area contributed by atoms with Gasteiger partial charge in [0.2, 0.25) is 5.88 Å². The van der Waals surface area contributed by atoms with Crippen LogP contribution in [0.2, 0.25) is 0 Å². The molecule has 0 radical (unpaired) electrons. The molecule has 3 aromatic carbocycles. The molecular formula is C33H36N2O7. The first-order valence-corrected chi connectivity index (χ1v) is 14.0. The summed E-state index contributed by atoms with van der Waals surface area (Å²) in [6.45, 7) is 2.46. The molecular weight excluding hydrogens is 536 g/mol. The van der Waals surface area contributed by atoms with Crippen LogP contribution in [0.5, 0.6) is 34.5 Å². The summed E-state index contributed by atoms with van der Waals surface area (Å²) in [5.41, 5.74) is 7.92. The van der Waals surface area contributed by atoms with Crippen LogP contribution < -0.4 is 34.2 Å². The van der Waals surface area contributed by atoms with Gasteiger partial charge in [0, 0.05) is 11.6 Å². The second kappa shape index (κ2) is 14.7. The topological polar surface area (TPSA) is 122 Å². The van der Waals surface area contributed by atoms with Gasteiger partial charge in [-0.3, -0.25) is 0 Å². The van der Waals surface area contributed by atoms with Gasteiger partial charge in [0.1, 0.15) is 23.1 Å². The smallest absolute Gasteiger partial charge is 0.349 e. The normalized spacial score (nSPS) is 13.8. The highest BCUT2D eigenvalue weighted by atomic mass is 16.6. The van der Waals surface area contributed by atoms with Gasteiger partial charge >= 0.3 is 5.97 Å². The Bertz CT molecular complexity index is 1460. The van der Waals surface area contributed by atoms with Crippen molar-refractivity contribution >= 4 is 5.97 Å². The van der Waals surface area contributed by atoms with E-state index < -0.39 is 11.9 Å². The van der Waals surface area contributed by atoms with Crippen molar-refractivity contribution in [2.24, 2.45) is 5.73 Å². The van der Waals surface area contributed by atoms with Crippen LogP contribution in [0.15, 0.2) is 72.1 Å². The van der Waals surface area contributed by atoms with Crippen molar-refractivity contribution in [3.8, 4) is 40.6 Å². The number of allylic oxidation sites excluding steroid dienone is 1. The summed E-state index contributed by atoms with van der Waals surface area (Å²) >= 11 is 0. The number of nitriles is 1. The fraction of sp³-hybridized carbons (Fsp3) is 0.333. The van der Waals surface area contributed by atoms with Crippen molar-refractivity contribution in [2.75, 3.05) is 27.4 Å². The zero-order valence-electron chi connectivity index (χ0n) is 24.2. The number of methoxy groups -OCH3 is 2. The van der Waals surface area contributed by atoms with Crippen molar-refractivity contribution < 1.29 is 33.2 Å². The molecule has 4 rings (SSSR count). The molecule has 42 heavy (non-hydrogen) atoms. The zero-order valence-corrected chi connectivity index (χ0v) is 24.2. The minimum Gasteiger partial charge on any atom is -0.493 e. The monoisotopic (exact) mass is 572 g/mol. The van der Waals surface area contributed by atoms with Crippen molar-refractivity contribution in [1.82, 2.24) is 0 Å². The Kier molecular flexibility index (Phi) is 10.5. The maximum Gasteiger partial charge on any atom is 0.349 e. The van der Waals surface area contributed by atoms with E-state index in [1.165, 1.54) is 26.4 Å². The van der Waals surface area contributed by atoms with Gasteiger partial charge in [-0.15, -0.1) is 0 Å². The summed E-state index contributed by atoms with van der Waals surface area (Å²) < 4.78 is 33.7. The summed E-state index contributed by atoms with van der Waals surface area (Å²) in [6.07, 6.45) is 5.71. The molecule has 0 aliphatic carbocycles. The van der Waals surface area contributed by atoms with Gasteiger partial charge < -0.3 is 34.2 Å². The van der Waals surface area contributed by atoms with E-state index in [-0.39, 0.29) is 23.8 Å². The maximum atomic E-state index is 12.5. The molecule has 1 atom stereocenters. The van der Waals surface area contributed by atoms with Crippen molar-refractivity contribution in [1.29, 1.82) is 5.26 Å². The number of hydrogen-bond acceptors (Lipinski definition) is 9. The second-order valence-electron chi connectivity index (χ2n) is 9.71. The fourth-order valence-corrected chi connectivity index (χ4v) is 4.75. The summed E-state index contributed by atoms with van der Waals surface area (Å²) in [4.78, 5) is 12.5. The number of unbranched alkanes of at least 4 members (excludes halogenated alkanes) is 4. The van der Waals surface area contributed by atoms with E-state index in [2.05, 4.69) is 13.0 Å². The fourth-order valence-electron chi connectivity index (χ4n) is 4.75. The molecule has 0 saturated carbocycles. The maximum absolute atomic E-state index is 12.5. The lowest BCUT2D eigenvalue weighted by molar-refractivity contribution is -0.136. The number of carbonyl (C=O) groups is 1. The van der Waals surface area contributed by atoms with E-state index >= 15 is 0 Å². The average molecular weight is 573 g/mol. The van der Waals surface area contributed by atoms with Crippen LogP contribution in [0.4, 0.5) is 0 Å². The molecule has 3 aromatic rings. The van der Waals surface area contributed by atoms with Gasteiger partial charge in [-0.1, -0.05) is 56.9 Å². The Hall–Kier alpha value is -4.84. The standard InChI is InChI=1S/C33H36N2O7/c1-4-5-6-7-10-17-39-28-16-13-22(18-30(28)38-3)32-24-15-14-23(19-29(24)42-33(35)25(32)20-34)41-31(36)21-40-27-12-9-8-11-26(27)37-2/h8-9,11-16,18-19,32H,4-7,10,17,21,35H2,1-3H3. The Labute approximate surface area is 246 Å². The van der Waals surface area contributed by atoms with Gasteiger partial charge in [0.15, 0.2) is 29.6 Å². The van der Waals surface area contributed by atoms with Crippen LogP contribution in [0.1, 0.15) is 56.1 Å². The first kappa shape index (κ1) is 30.1. The minimum atomic E-state index is -0.611. The molecule has 0 saturated heterocycles. The molecule has 1 aliphatic rings. The predicted molar refractivity (Wildman–Crippen MR) is 157 cm³/mol. The van der Waals surface area contributed by atoms with Crippen LogP contribution >= 0.6 is 0 Å². The molecule has 0 fully saturated rings. The highest BCUT2D eigenvalue weighted by Gasteiger charge is 2.32. The number of rotatable bonds is 14. The van der Waals surface area contributed by atoms with E-state index in [0.29, 0.717) is 40.9 Å². The number of nitrogens with zero attached hydrogens (tertiary/aromatic N) is 1. The molecule has 1 aliphatic heterocycles. The van der Waals surface area contributed by atoms with Gasteiger partial charge in [-0.25, -0.2) is 4.79 Å². The highest BCUT2D eigenvalue weighted by Crippen LogP contribution is 2.45. The van der Waals surface area contributed by atoms with Crippen molar-refractivity contribution in [3.05, 3.63) is 83.2 Å². The third-order valence-corrected chi connectivity index (χ3v) is 6.86. The van der Waals surface area contributed by atoms with E-state index in [0.717, 1.165) is 18.4 Å². The molecule has 220 valence electrons. The molecule has 0 bridgehead atoms. The number of esters is 1. The molecule has 1 heterocycles. The third-order valence-electron chi connectivity index (χ3n) is 6.86. The lowest BCUT2D eigenvalue weighted by atomic mass is 9.83. The predicted octanol–water partition coefficient (Wildman–Crippen LogP) is 6.26. The van der Waals surface area contributed by atoms with Crippen molar-refractivity contribution in [2.45, 2.75) is 44.9 Å². The first-order valence-electron chi connectivity index (χ1n) is 14.0. The highest BCUT2D eigenvalue weighted by molar-refractivity contribution is 5.74. The molecule has 0 spiro atoms. The number of hydrogen-bond donors (Lipinski definition) is 1. The Balaban J connectivity index is 1.50. The number of nitrogens with two attached hydrogens (primary N) is 1. The Morgan fingerprint density at radius 3 is 2.38 bits per heavy atom. The van der Waals surface area contributed by atoms with Crippen LogP contribution in [-0.4, -0.2) is 33.4 Å². The Morgan fingerprint density at radius 1 is 0.905 bits per heavy atom. The minimum absolute atomic E-state index is 0.0237. The number of para-hydroxylation sites is 2.